The topological polar surface area (TPSA) is 60.5 Å². The number of pyridine rings is 1. The number of aryl methyl sites for hydroxylation is 1. The molecule has 4 nitrogen and oxygen atoms in total. The Kier molecular flexibility index (Phi) is 6.60. The number of benzene rings is 1. The van der Waals surface area contributed by atoms with Gasteiger partial charge in [0.2, 0.25) is 0 Å². The van der Waals surface area contributed by atoms with E-state index in [0.717, 1.165) is 73.9 Å². The van der Waals surface area contributed by atoms with E-state index >= 15 is 0 Å². The van der Waals surface area contributed by atoms with Crippen molar-refractivity contribution in [3.63, 3.8) is 0 Å². The van der Waals surface area contributed by atoms with E-state index in [-0.39, 0.29) is 12.5 Å². The van der Waals surface area contributed by atoms with Crippen LogP contribution < -0.4 is 5.73 Å². The zero-order valence-electron chi connectivity index (χ0n) is 17.5. The molecule has 2 aromatic rings. The molecule has 7 heteroatoms. The maximum absolute atomic E-state index is 13.7. The summed E-state index contributed by atoms with van der Waals surface area (Å²) >= 11 is 0. The van der Waals surface area contributed by atoms with Gasteiger partial charge in [-0.1, -0.05) is 42.6 Å². The molecule has 31 heavy (non-hydrogen) atoms. The Morgan fingerprint density at radius 3 is 2.58 bits per heavy atom. The van der Waals surface area contributed by atoms with Gasteiger partial charge in [-0.3, -0.25) is 4.98 Å². The molecule has 1 heterocycles. The maximum atomic E-state index is 13.7. The number of hydrogen-bond donors (Lipinski definition) is 1. The quantitative estimate of drug-likeness (QED) is 0.603. The zero-order chi connectivity index (χ0) is 21.8. The predicted octanol–water partition coefficient (Wildman–Crippen LogP) is 5.86. The fourth-order valence-electron chi connectivity index (χ4n) is 4.67. The molecule has 0 atom stereocenters. The van der Waals surface area contributed by atoms with E-state index in [1.807, 2.05) is 6.07 Å². The van der Waals surface area contributed by atoms with Crippen molar-refractivity contribution >= 4 is 5.71 Å². The molecule has 0 spiro atoms. The molecule has 1 fully saturated rings. The summed E-state index contributed by atoms with van der Waals surface area (Å²) in [4.78, 5) is 9.95. The molecular weight excluding hydrogens is 403 g/mol. The lowest BCUT2D eigenvalue weighted by Gasteiger charge is -2.25. The number of oxime groups is 1. The Bertz CT molecular complexity index is 950. The minimum Gasteiger partial charge on any atom is -0.391 e. The van der Waals surface area contributed by atoms with Crippen molar-refractivity contribution in [2.45, 2.75) is 76.6 Å². The van der Waals surface area contributed by atoms with Gasteiger partial charge < -0.3 is 10.6 Å². The zero-order valence-corrected chi connectivity index (χ0v) is 17.5. The van der Waals surface area contributed by atoms with E-state index in [1.165, 1.54) is 6.07 Å². The number of halogens is 3. The van der Waals surface area contributed by atoms with Crippen LogP contribution in [0.4, 0.5) is 13.2 Å². The van der Waals surface area contributed by atoms with Crippen molar-refractivity contribution < 1.29 is 18.0 Å². The molecular formula is C24H28F3N3O. The normalized spacial score (nSPS) is 18.8. The summed E-state index contributed by atoms with van der Waals surface area (Å²) in [5, 5.41) is 4.22. The number of hydrogen-bond acceptors (Lipinski definition) is 4. The van der Waals surface area contributed by atoms with Crippen LogP contribution in [-0.4, -0.2) is 10.7 Å². The lowest BCUT2D eigenvalue weighted by Crippen LogP contribution is -2.16. The van der Waals surface area contributed by atoms with Crippen LogP contribution in [0.15, 0.2) is 35.6 Å². The lowest BCUT2D eigenvalue weighted by atomic mass is 9.81. The third kappa shape index (κ3) is 5.09. The van der Waals surface area contributed by atoms with Crippen LogP contribution in [0.3, 0.4) is 0 Å². The fraction of sp³-hybridized carbons (Fsp3) is 0.500. The third-order valence-corrected chi connectivity index (χ3v) is 6.27. The molecule has 1 aromatic heterocycles. The standard InChI is InChI=1S/C24H28F3N3O/c25-24(26,27)21-12-16(9-10-20(21)18-5-2-1-3-6-18)15-31-30-22-8-4-7-19-11-17(13-28)14-29-23(19)22/h9-12,14,18H,1-8,13,15,28H2. The smallest absolute Gasteiger partial charge is 0.391 e. The van der Waals surface area contributed by atoms with Gasteiger partial charge >= 0.3 is 6.18 Å². The van der Waals surface area contributed by atoms with Crippen LogP contribution in [-0.2, 0) is 30.6 Å². The van der Waals surface area contributed by atoms with Gasteiger partial charge in [0.05, 0.1) is 11.3 Å². The summed E-state index contributed by atoms with van der Waals surface area (Å²) in [6.45, 7) is 0.426. The molecule has 4 rings (SSSR count). The van der Waals surface area contributed by atoms with Crippen LogP contribution >= 0.6 is 0 Å². The Hall–Kier alpha value is -2.41. The van der Waals surface area contributed by atoms with Crippen LogP contribution in [0.25, 0.3) is 0 Å². The highest BCUT2D eigenvalue weighted by molar-refractivity contribution is 6.00. The van der Waals surface area contributed by atoms with Gasteiger partial charge in [-0.25, -0.2) is 0 Å². The minimum atomic E-state index is -4.37. The number of rotatable bonds is 5. The SMILES string of the molecule is NCc1cnc2c(c1)CCCC2=NOCc1ccc(C2CCCCC2)c(C(F)(F)F)c1. The van der Waals surface area contributed by atoms with E-state index in [4.69, 9.17) is 10.6 Å². The number of nitrogens with two attached hydrogens (primary N) is 1. The van der Waals surface area contributed by atoms with Crippen molar-refractivity contribution in [2.75, 3.05) is 0 Å². The minimum absolute atomic E-state index is 0.00621. The van der Waals surface area contributed by atoms with Crippen LogP contribution in [0.5, 0.6) is 0 Å². The van der Waals surface area contributed by atoms with Gasteiger partial charge in [0.15, 0.2) is 0 Å². The van der Waals surface area contributed by atoms with Crippen molar-refractivity contribution in [1.82, 2.24) is 4.98 Å². The van der Waals surface area contributed by atoms with Crippen molar-refractivity contribution in [3.05, 3.63) is 64.0 Å². The average Bonchev–Trinajstić information content (AvgIpc) is 2.78. The Balaban J connectivity index is 1.50. The molecule has 1 aromatic carbocycles. The highest BCUT2D eigenvalue weighted by atomic mass is 19.4. The lowest BCUT2D eigenvalue weighted by molar-refractivity contribution is -0.138. The molecule has 1 saturated carbocycles. The Morgan fingerprint density at radius 2 is 1.84 bits per heavy atom. The summed E-state index contributed by atoms with van der Waals surface area (Å²) in [5.74, 6) is -0.0104. The summed E-state index contributed by atoms with van der Waals surface area (Å²) < 4.78 is 41.2. The predicted molar refractivity (Wildman–Crippen MR) is 114 cm³/mol. The molecule has 166 valence electrons. The number of nitrogens with zero attached hydrogens (tertiary/aromatic N) is 2. The highest BCUT2D eigenvalue weighted by Gasteiger charge is 2.35. The third-order valence-electron chi connectivity index (χ3n) is 6.27. The van der Waals surface area contributed by atoms with E-state index < -0.39 is 11.7 Å². The molecule has 2 N–H and O–H groups in total. The summed E-state index contributed by atoms with van der Waals surface area (Å²) in [7, 11) is 0. The summed E-state index contributed by atoms with van der Waals surface area (Å²) in [6, 6.07) is 6.64. The van der Waals surface area contributed by atoms with Crippen molar-refractivity contribution in [1.29, 1.82) is 0 Å². The molecule has 0 radical (unpaired) electrons. The molecule has 0 amide bonds. The monoisotopic (exact) mass is 431 g/mol. The van der Waals surface area contributed by atoms with Crippen molar-refractivity contribution in [2.24, 2.45) is 10.9 Å². The van der Waals surface area contributed by atoms with Crippen LogP contribution in [0.2, 0.25) is 0 Å². The molecule has 0 saturated heterocycles. The van der Waals surface area contributed by atoms with Crippen LogP contribution in [0, 0.1) is 0 Å². The summed E-state index contributed by atoms with van der Waals surface area (Å²) in [5.41, 5.74) is 9.64. The van der Waals surface area contributed by atoms with Gasteiger partial charge in [0, 0.05) is 12.7 Å². The second-order valence-electron chi connectivity index (χ2n) is 8.47. The highest BCUT2D eigenvalue weighted by Crippen LogP contribution is 2.41. The van der Waals surface area contributed by atoms with E-state index in [9.17, 15) is 13.2 Å². The molecule has 0 bridgehead atoms. The van der Waals surface area contributed by atoms with E-state index in [1.54, 1.807) is 18.3 Å². The molecule has 0 unspecified atom stereocenters. The first kappa shape index (κ1) is 21.8. The van der Waals surface area contributed by atoms with E-state index in [0.29, 0.717) is 17.7 Å². The van der Waals surface area contributed by atoms with Crippen molar-refractivity contribution in [3.8, 4) is 0 Å². The molecule has 0 aliphatic heterocycles. The number of fused-ring (bicyclic) bond motifs is 1. The molecule has 2 aliphatic carbocycles. The first-order chi connectivity index (χ1) is 15.0. The maximum Gasteiger partial charge on any atom is 0.416 e. The first-order valence-corrected chi connectivity index (χ1v) is 11.0. The Morgan fingerprint density at radius 1 is 1.03 bits per heavy atom. The Labute approximate surface area is 180 Å². The van der Waals surface area contributed by atoms with Gasteiger partial charge in [-0.2, -0.15) is 13.2 Å². The van der Waals surface area contributed by atoms with E-state index in [2.05, 4.69) is 10.1 Å². The first-order valence-electron chi connectivity index (χ1n) is 11.0. The van der Waals surface area contributed by atoms with Gasteiger partial charge in [0.25, 0.3) is 0 Å². The molecule has 2 aliphatic rings. The second-order valence-corrected chi connectivity index (χ2v) is 8.47. The second kappa shape index (κ2) is 9.39. The number of aromatic nitrogens is 1. The average molecular weight is 432 g/mol. The van der Waals surface area contributed by atoms with Gasteiger partial charge in [-0.05, 0) is 66.3 Å². The fourth-order valence-corrected chi connectivity index (χ4v) is 4.67. The van der Waals surface area contributed by atoms with Gasteiger partial charge in [0.1, 0.15) is 12.3 Å². The van der Waals surface area contributed by atoms with Gasteiger partial charge in [-0.15, -0.1) is 0 Å². The number of alkyl halides is 3. The van der Waals surface area contributed by atoms with Crippen LogP contribution in [0.1, 0.15) is 84.4 Å². The largest absolute Gasteiger partial charge is 0.416 e. The summed E-state index contributed by atoms with van der Waals surface area (Å²) in [6.07, 6.45) is 4.67.